The van der Waals surface area contributed by atoms with Crippen molar-refractivity contribution in [1.82, 2.24) is 9.97 Å². The van der Waals surface area contributed by atoms with E-state index >= 15 is 0 Å². The van der Waals surface area contributed by atoms with E-state index in [1.807, 2.05) is 9.80 Å². The summed E-state index contributed by atoms with van der Waals surface area (Å²) < 4.78 is 51.9. The van der Waals surface area contributed by atoms with E-state index in [9.17, 15) is 13.2 Å². The molecular formula is C19H25F3N4O2. The first-order chi connectivity index (χ1) is 13.4. The molecule has 2 spiro atoms. The standard InChI is InChI=1S/C19H25F3N4O2/c20-19(21,22)14-13-15(25-7-1-17(2-8-25)5-11-27-17)24-16(23-14)26-9-3-18(4-10-26)6-12-28-18/h13H,1-12H2. The number of halogens is 3. The molecule has 6 nitrogen and oxygen atoms in total. The van der Waals surface area contributed by atoms with Crippen LogP contribution in [-0.2, 0) is 15.7 Å². The van der Waals surface area contributed by atoms with Crippen molar-refractivity contribution < 1.29 is 22.6 Å². The average Bonchev–Trinajstić information content (AvgIpc) is 2.65. The number of alkyl halides is 3. The molecule has 5 rings (SSSR count). The molecule has 0 atom stereocenters. The highest BCUT2D eigenvalue weighted by molar-refractivity contribution is 5.47. The first-order valence-corrected chi connectivity index (χ1v) is 10.1. The third-order valence-electron chi connectivity index (χ3n) is 6.88. The molecule has 9 heteroatoms. The van der Waals surface area contributed by atoms with Crippen molar-refractivity contribution in [2.24, 2.45) is 0 Å². The number of rotatable bonds is 2. The normalized spacial score (nSPS) is 26.2. The molecule has 28 heavy (non-hydrogen) atoms. The first kappa shape index (κ1) is 18.4. The number of ether oxygens (including phenoxy) is 2. The Morgan fingerprint density at radius 3 is 1.71 bits per heavy atom. The van der Waals surface area contributed by atoms with Gasteiger partial charge in [-0.15, -0.1) is 0 Å². The second-order valence-electron chi connectivity index (χ2n) is 8.45. The summed E-state index contributed by atoms with van der Waals surface area (Å²) in [4.78, 5) is 12.2. The highest BCUT2D eigenvalue weighted by Crippen LogP contribution is 2.40. The third kappa shape index (κ3) is 3.22. The molecule has 4 saturated heterocycles. The van der Waals surface area contributed by atoms with E-state index in [0.717, 1.165) is 57.8 Å². The van der Waals surface area contributed by atoms with E-state index < -0.39 is 11.9 Å². The molecule has 4 aliphatic rings. The summed E-state index contributed by atoms with van der Waals surface area (Å²) in [5.74, 6) is 0.547. The molecule has 0 N–H and O–H groups in total. The maximum absolute atomic E-state index is 13.5. The topological polar surface area (TPSA) is 50.7 Å². The molecule has 1 aromatic heterocycles. The van der Waals surface area contributed by atoms with Crippen LogP contribution in [-0.4, -0.2) is 60.6 Å². The second-order valence-corrected chi connectivity index (χ2v) is 8.45. The van der Waals surface area contributed by atoms with Crippen molar-refractivity contribution in [2.75, 3.05) is 49.2 Å². The Labute approximate surface area is 162 Å². The summed E-state index contributed by atoms with van der Waals surface area (Å²) in [5, 5.41) is 0. The number of nitrogens with zero attached hydrogens (tertiary/aromatic N) is 4. The largest absolute Gasteiger partial charge is 0.433 e. The van der Waals surface area contributed by atoms with Crippen LogP contribution in [0, 0.1) is 0 Å². The van der Waals surface area contributed by atoms with Crippen LogP contribution in [0.1, 0.15) is 44.2 Å². The molecule has 1 aromatic rings. The smallest absolute Gasteiger partial charge is 0.375 e. The van der Waals surface area contributed by atoms with Gasteiger partial charge >= 0.3 is 6.18 Å². The summed E-state index contributed by atoms with van der Waals surface area (Å²) in [7, 11) is 0. The van der Waals surface area contributed by atoms with Gasteiger partial charge in [-0.05, 0) is 38.5 Å². The minimum Gasteiger partial charge on any atom is -0.375 e. The van der Waals surface area contributed by atoms with E-state index in [1.165, 1.54) is 0 Å². The minimum atomic E-state index is -4.49. The number of hydrogen-bond acceptors (Lipinski definition) is 6. The molecule has 4 fully saturated rings. The quantitative estimate of drug-likeness (QED) is 0.764. The Hall–Kier alpha value is -1.61. The fourth-order valence-electron chi connectivity index (χ4n) is 4.70. The predicted molar refractivity (Wildman–Crippen MR) is 96.5 cm³/mol. The van der Waals surface area contributed by atoms with Crippen molar-refractivity contribution in [1.29, 1.82) is 0 Å². The zero-order chi connectivity index (χ0) is 19.4. The molecule has 0 aliphatic carbocycles. The summed E-state index contributed by atoms with van der Waals surface area (Å²) >= 11 is 0. The van der Waals surface area contributed by atoms with Crippen LogP contribution >= 0.6 is 0 Å². The Balaban J connectivity index is 1.37. The van der Waals surface area contributed by atoms with Crippen LogP contribution in [0.4, 0.5) is 24.9 Å². The number of piperidine rings is 2. The Morgan fingerprint density at radius 2 is 1.29 bits per heavy atom. The minimum absolute atomic E-state index is 0.0524. The zero-order valence-electron chi connectivity index (χ0n) is 15.8. The van der Waals surface area contributed by atoms with E-state index in [2.05, 4.69) is 9.97 Å². The number of anilines is 2. The molecule has 154 valence electrons. The van der Waals surface area contributed by atoms with Crippen LogP contribution in [0.2, 0.25) is 0 Å². The van der Waals surface area contributed by atoms with Crippen molar-refractivity contribution in [3.05, 3.63) is 11.8 Å². The van der Waals surface area contributed by atoms with Crippen molar-refractivity contribution in [3.63, 3.8) is 0 Å². The van der Waals surface area contributed by atoms with Crippen LogP contribution < -0.4 is 9.80 Å². The third-order valence-corrected chi connectivity index (χ3v) is 6.88. The highest BCUT2D eigenvalue weighted by Gasteiger charge is 2.44. The fraction of sp³-hybridized carbons (Fsp3) is 0.789. The molecule has 0 unspecified atom stereocenters. The SMILES string of the molecule is FC(F)(F)c1cc(N2CCC3(CCO3)CC2)nc(N2CCC3(CCO3)CC2)n1. The van der Waals surface area contributed by atoms with Crippen molar-refractivity contribution >= 4 is 11.8 Å². The lowest BCUT2D eigenvalue weighted by atomic mass is 9.84. The zero-order valence-corrected chi connectivity index (χ0v) is 15.8. The average molecular weight is 398 g/mol. The molecule has 0 radical (unpaired) electrons. The van der Waals surface area contributed by atoms with Crippen molar-refractivity contribution in [3.8, 4) is 0 Å². The predicted octanol–water partition coefficient (Wildman–Crippen LogP) is 3.01. The van der Waals surface area contributed by atoms with Gasteiger partial charge in [-0.1, -0.05) is 0 Å². The molecule has 0 saturated carbocycles. The summed E-state index contributed by atoms with van der Waals surface area (Å²) in [6.45, 7) is 4.13. The molecule has 0 bridgehead atoms. The van der Waals surface area contributed by atoms with Gasteiger partial charge in [0.15, 0.2) is 5.69 Å². The van der Waals surface area contributed by atoms with Gasteiger partial charge in [-0.25, -0.2) is 4.98 Å². The van der Waals surface area contributed by atoms with Gasteiger partial charge in [0.05, 0.1) is 24.4 Å². The monoisotopic (exact) mass is 398 g/mol. The maximum Gasteiger partial charge on any atom is 0.433 e. The lowest BCUT2D eigenvalue weighted by Crippen LogP contribution is -2.53. The van der Waals surface area contributed by atoms with Gasteiger partial charge in [-0.2, -0.15) is 18.2 Å². The lowest BCUT2D eigenvalue weighted by Gasteiger charge is -2.48. The van der Waals surface area contributed by atoms with E-state index in [0.29, 0.717) is 32.0 Å². The highest BCUT2D eigenvalue weighted by atomic mass is 19.4. The Kier molecular flexibility index (Phi) is 4.24. The molecule has 5 heterocycles. The van der Waals surface area contributed by atoms with Gasteiger partial charge < -0.3 is 19.3 Å². The van der Waals surface area contributed by atoms with E-state index in [1.54, 1.807) is 0 Å². The summed E-state index contributed by atoms with van der Waals surface area (Å²) in [6, 6.07) is 1.09. The summed E-state index contributed by atoms with van der Waals surface area (Å²) in [5.41, 5.74) is -0.985. The van der Waals surface area contributed by atoms with Gasteiger partial charge in [0.25, 0.3) is 0 Å². The Morgan fingerprint density at radius 1 is 0.786 bits per heavy atom. The van der Waals surface area contributed by atoms with Gasteiger partial charge in [0, 0.05) is 32.2 Å². The van der Waals surface area contributed by atoms with E-state index in [4.69, 9.17) is 9.47 Å². The second kappa shape index (κ2) is 6.45. The summed E-state index contributed by atoms with van der Waals surface area (Å²) in [6.07, 6.45) is 0.870. The lowest BCUT2D eigenvalue weighted by molar-refractivity contribution is -0.158. The van der Waals surface area contributed by atoms with Crippen LogP contribution in [0.15, 0.2) is 6.07 Å². The maximum atomic E-state index is 13.5. The number of aromatic nitrogens is 2. The van der Waals surface area contributed by atoms with Crippen molar-refractivity contribution in [2.45, 2.75) is 55.9 Å². The van der Waals surface area contributed by atoms with Crippen LogP contribution in [0.25, 0.3) is 0 Å². The van der Waals surface area contributed by atoms with E-state index in [-0.39, 0.29) is 17.2 Å². The molecule has 0 amide bonds. The van der Waals surface area contributed by atoms with Crippen LogP contribution in [0.5, 0.6) is 0 Å². The van der Waals surface area contributed by atoms with Gasteiger partial charge in [0.1, 0.15) is 5.82 Å². The fourth-order valence-corrected chi connectivity index (χ4v) is 4.70. The molecule has 0 aromatic carbocycles. The Bertz CT molecular complexity index is 677. The first-order valence-electron chi connectivity index (χ1n) is 10.1. The molecule has 4 aliphatic heterocycles. The van der Waals surface area contributed by atoms with Gasteiger partial charge in [-0.3, -0.25) is 0 Å². The van der Waals surface area contributed by atoms with Crippen LogP contribution in [0.3, 0.4) is 0 Å². The molecular weight excluding hydrogens is 373 g/mol. The number of hydrogen-bond donors (Lipinski definition) is 0. The van der Waals surface area contributed by atoms with Gasteiger partial charge in [0.2, 0.25) is 5.95 Å².